The average Bonchev–Trinajstić information content (AvgIpc) is 2.45. The Morgan fingerprint density at radius 1 is 0.762 bits per heavy atom. The Morgan fingerprint density at radius 3 is 2.00 bits per heavy atom. The van der Waals surface area contributed by atoms with Crippen molar-refractivity contribution in [2.24, 2.45) is 0 Å². The molecule has 0 rings (SSSR count). The molecule has 0 spiro atoms. The molecule has 0 amide bonds. The Hall–Kier alpha value is -0.210. The number of unbranched alkanes of at least 4 members (excludes halogenated alkanes) is 7. The van der Waals surface area contributed by atoms with Crippen molar-refractivity contribution in [3.63, 3.8) is 0 Å². The van der Waals surface area contributed by atoms with Crippen molar-refractivity contribution in [1.82, 2.24) is 0 Å². The number of hydrogen-bond donors (Lipinski definition) is 0. The summed E-state index contributed by atoms with van der Waals surface area (Å²) in [5, 5.41) is 0. The smallest absolute Gasteiger partial charge is 0.379 e. The number of rotatable bonds is 16. The molecule has 0 aromatic heterocycles. The van der Waals surface area contributed by atoms with Crippen molar-refractivity contribution in [2.45, 2.75) is 65.2 Å². The van der Waals surface area contributed by atoms with Crippen LogP contribution in [-0.4, -0.2) is 34.8 Å². The first-order valence-corrected chi connectivity index (χ1v) is 9.24. The maximum absolute atomic E-state index is 11.2. The molecule has 0 aromatic rings. The van der Waals surface area contributed by atoms with Crippen LogP contribution in [0.25, 0.3) is 0 Å². The number of ether oxygens (including phenoxy) is 1. The fourth-order valence-electron chi connectivity index (χ4n) is 1.75. The molecular formula is C14H30O6S. The van der Waals surface area contributed by atoms with E-state index in [4.69, 9.17) is 4.74 Å². The van der Waals surface area contributed by atoms with Gasteiger partial charge in [-0.15, -0.1) is 0 Å². The molecule has 0 saturated heterocycles. The van der Waals surface area contributed by atoms with Gasteiger partial charge in [-0.25, -0.2) is 9.07 Å². The van der Waals surface area contributed by atoms with E-state index in [0.717, 1.165) is 19.3 Å². The van der Waals surface area contributed by atoms with Gasteiger partial charge in [0.2, 0.25) is 0 Å². The lowest BCUT2D eigenvalue weighted by Gasteiger charge is -2.05. The van der Waals surface area contributed by atoms with Gasteiger partial charge in [-0.3, -0.25) is 0 Å². The molecule has 0 bridgehead atoms. The molecule has 0 aliphatic carbocycles. The summed E-state index contributed by atoms with van der Waals surface area (Å²) in [6.45, 7) is 4.92. The molecular weight excluding hydrogens is 296 g/mol. The summed E-state index contributed by atoms with van der Waals surface area (Å²) in [5.41, 5.74) is 0. The molecule has 0 aliphatic heterocycles. The first-order chi connectivity index (χ1) is 10.1. The fourth-order valence-corrected chi connectivity index (χ4v) is 2.24. The lowest BCUT2D eigenvalue weighted by molar-refractivity contribution is -0.210. The second kappa shape index (κ2) is 14.7. The summed E-state index contributed by atoms with van der Waals surface area (Å²) in [4.78, 5) is 4.65. The SMILES string of the molecule is CCCCCCCCCCOOS(=O)(=O)OCCOCC. The lowest BCUT2D eigenvalue weighted by Crippen LogP contribution is -2.14. The highest BCUT2D eigenvalue weighted by Crippen LogP contribution is 2.08. The van der Waals surface area contributed by atoms with Crippen LogP contribution in [-0.2, 0) is 28.5 Å². The Labute approximate surface area is 129 Å². The summed E-state index contributed by atoms with van der Waals surface area (Å²) < 4.78 is 36.1. The zero-order chi connectivity index (χ0) is 15.8. The van der Waals surface area contributed by atoms with E-state index in [0.29, 0.717) is 6.61 Å². The van der Waals surface area contributed by atoms with Gasteiger partial charge < -0.3 is 4.74 Å². The Morgan fingerprint density at radius 2 is 1.38 bits per heavy atom. The van der Waals surface area contributed by atoms with E-state index in [2.05, 4.69) is 20.3 Å². The van der Waals surface area contributed by atoms with Crippen LogP contribution in [0.2, 0.25) is 0 Å². The van der Waals surface area contributed by atoms with E-state index in [-0.39, 0.29) is 19.8 Å². The van der Waals surface area contributed by atoms with E-state index >= 15 is 0 Å². The third kappa shape index (κ3) is 16.0. The molecule has 0 N–H and O–H groups in total. The minimum absolute atomic E-state index is 0.0721. The molecule has 0 unspecified atom stereocenters. The van der Waals surface area contributed by atoms with Crippen molar-refractivity contribution in [3.05, 3.63) is 0 Å². The van der Waals surface area contributed by atoms with E-state index in [1.165, 1.54) is 32.1 Å². The van der Waals surface area contributed by atoms with Crippen molar-refractivity contribution < 1.29 is 26.6 Å². The third-order valence-corrected chi connectivity index (χ3v) is 3.59. The van der Waals surface area contributed by atoms with Gasteiger partial charge in [0, 0.05) is 6.61 Å². The Kier molecular flexibility index (Phi) is 14.6. The van der Waals surface area contributed by atoms with Gasteiger partial charge in [0.05, 0.1) is 19.8 Å². The molecule has 0 heterocycles. The van der Waals surface area contributed by atoms with Crippen LogP contribution in [0.1, 0.15) is 65.2 Å². The van der Waals surface area contributed by atoms with Gasteiger partial charge in [0.15, 0.2) is 0 Å². The third-order valence-electron chi connectivity index (χ3n) is 2.87. The van der Waals surface area contributed by atoms with Crippen LogP contribution < -0.4 is 0 Å². The number of hydrogen-bond acceptors (Lipinski definition) is 6. The summed E-state index contributed by atoms with van der Waals surface area (Å²) in [6.07, 6.45) is 9.29. The van der Waals surface area contributed by atoms with Gasteiger partial charge in [0.25, 0.3) is 0 Å². The quantitative estimate of drug-likeness (QED) is 0.246. The molecule has 0 fully saturated rings. The summed E-state index contributed by atoms with van der Waals surface area (Å²) >= 11 is 0. The summed E-state index contributed by atoms with van der Waals surface area (Å²) in [7, 11) is -4.07. The Bertz CT molecular complexity index is 305. The highest BCUT2D eigenvalue weighted by Gasteiger charge is 2.12. The molecule has 6 nitrogen and oxygen atoms in total. The first kappa shape index (κ1) is 20.8. The maximum Gasteiger partial charge on any atom is 0.426 e. The highest BCUT2D eigenvalue weighted by molar-refractivity contribution is 7.81. The van der Waals surface area contributed by atoms with Crippen LogP contribution in [0.4, 0.5) is 0 Å². The minimum atomic E-state index is -4.07. The first-order valence-electron chi connectivity index (χ1n) is 7.90. The van der Waals surface area contributed by atoms with Crippen LogP contribution >= 0.6 is 0 Å². The monoisotopic (exact) mass is 326 g/mol. The lowest BCUT2D eigenvalue weighted by atomic mass is 10.1. The molecule has 0 aromatic carbocycles. The Balaban J connectivity index is 3.32. The standard InChI is InChI=1S/C14H30O6S/c1-3-5-6-7-8-9-10-11-12-18-20-21(15,16)19-14-13-17-4-2/h3-14H2,1-2H3. The second-order valence-corrected chi connectivity index (χ2v) is 5.98. The minimum Gasteiger partial charge on any atom is -0.379 e. The summed E-state index contributed by atoms with van der Waals surface area (Å²) in [6, 6.07) is 0. The average molecular weight is 326 g/mol. The van der Waals surface area contributed by atoms with Crippen LogP contribution in [0, 0.1) is 0 Å². The predicted octanol–water partition coefficient (Wildman–Crippen LogP) is 3.37. The highest BCUT2D eigenvalue weighted by atomic mass is 32.3. The van der Waals surface area contributed by atoms with Gasteiger partial charge in [-0.05, 0) is 13.3 Å². The van der Waals surface area contributed by atoms with Crippen molar-refractivity contribution in [1.29, 1.82) is 0 Å². The maximum atomic E-state index is 11.2. The molecule has 0 atom stereocenters. The molecule has 7 heteroatoms. The van der Waals surface area contributed by atoms with Crippen molar-refractivity contribution in [3.8, 4) is 0 Å². The van der Waals surface area contributed by atoms with Gasteiger partial charge in [-0.2, -0.15) is 8.42 Å². The molecule has 128 valence electrons. The zero-order valence-electron chi connectivity index (χ0n) is 13.3. The largest absolute Gasteiger partial charge is 0.426 e. The van der Waals surface area contributed by atoms with Crippen molar-refractivity contribution >= 4 is 10.4 Å². The van der Waals surface area contributed by atoms with Crippen molar-refractivity contribution in [2.75, 3.05) is 26.4 Å². The molecule has 0 radical (unpaired) electrons. The fraction of sp³-hybridized carbons (Fsp3) is 1.00. The molecule has 21 heavy (non-hydrogen) atoms. The van der Waals surface area contributed by atoms with Gasteiger partial charge >= 0.3 is 10.4 Å². The van der Waals surface area contributed by atoms with Crippen LogP contribution in [0.5, 0.6) is 0 Å². The van der Waals surface area contributed by atoms with E-state index in [1.54, 1.807) is 0 Å². The van der Waals surface area contributed by atoms with E-state index in [9.17, 15) is 8.42 Å². The molecule has 0 aliphatic rings. The second-order valence-electron chi connectivity index (χ2n) is 4.79. The molecule has 0 saturated carbocycles. The summed E-state index contributed by atoms with van der Waals surface area (Å²) in [5.74, 6) is 0. The zero-order valence-corrected chi connectivity index (χ0v) is 14.2. The van der Waals surface area contributed by atoms with Gasteiger partial charge in [0.1, 0.15) is 0 Å². The predicted molar refractivity (Wildman–Crippen MR) is 81.0 cm³/mol. The van der Waals surface area contributed by atoms with Crippen LogP contribution in [0.15, 0.2) is 0 Å². The topological polar surface area (TPSA) is 71.1 Å². The van der Waals surface area contributed by atoms with Gasteiger partial charge in [-0.1, -0.05) is 56.2 Å². The van der Waals surface area contributed by atoms with E-state index < -0.39 is 10.4 Å². The normalized spacial score (nSPS) is 11.9. The van der Waals surface area contributed by atoms with Crippen LogP contribution in [0.3, 0.4) is 0 Å². The van der Waals surface area contributed by atoms with E-state index in [1.807, 2.05) is 6.92 Å².